The van der Waals surface area contributed by atoms with Crippen molar-refractivity contribution in [2.45, 2.75) is 38.3 Å². The number of hydrogen-bond acceptors (Lipinski definition) is 5. The van der Waals surface area contributed by atoms with Crippen LogP contribution in [-0.2, 0) is 20.9 Å². The monoisotopic (exact) mass is 397 g/mol. The fourth-order valence-electron chi connectivity index (χ4n) is 4.92. The fraction of sp³-hybridized carbons (Fsp3) is 0.524. The lowest BCUT2D eigenvalue weighted by Crippen LogP contribution is -2.60. The molecule has 0 aromatic heterocycles. The molecule has 1 aromatic carbocycles. The molecule has 0 bridgehead atoms. The van der Waals surface area contributed by atoms with Crippen molar-refractivity contribution in [2.24, 2.45) is 5.41 Å². The number of imide groups is 1. The van der Waals surface area contributed by atoms with E-state index in [2.05, 4.69) is 5.32 Å². The maximum atomic E-state index is 12.9. The molecule has 0 aliphatic carbocycles. The van der Waals surface area contributed by atoms with Gasteiger partial charge in [0.2, 0.25) is 11.8 Å². The van der Waals surface area contributed by atoms with Crippen LogP contribution in [0.15, 0.2) is 18.2 Å². The van der Waals surface area contributed by atoms with Crippen LogP contribution in [0.3, 0.4) is 0 Å². The van der Waals surface area contributed by atoms with E-state index in [0.717, 1.165) is 44.7 Å². The number of ether oxygens (including phenoxy) is 1. The van der Waals surface area contributed by atoms with Crippen LogP contribution in [0.25, 0.3) is 0 Å². The number of fused-ring (bicyclic) bond motifs is 1. The number of piperidine rings is 1. The molecular weight excluding hydrogens is 374 g/mol. The minimum atomic E-state index is -0.643. The number of rotatable bonds is 2. The van der Waals surface area contributed by atoms with Crippen molar-refractivity contribution >= 4 is 23.6 Å². The Labute approximate surface area is 168 Å². The summed E-state index contributed by atoms with van der Waals surface area (Å²) in [6.07, 6.45) is 2.55. The maximum Gasteiger partial charge on any atom is 0.255 e. The zero-order chi connectivity index (χ0) is 20.2. The summed E-state index contributed by atoms with van der Waals surface area (Å²) in [5, 5.41) is 2.30. The molecule has 1 unspecified atom stereocenters. The summed E-state index contributed by atoms with van der Waals surface area (Å²) in [5.41, 5.74) is 2.06. The first-order valence-corrected chi connectivity index (χ1v) is 10.1. The van der Waals surface area contributed by atoms with Crippen molar-refractivity contribution < 1.29 is 23.9 Å². The van der Waals surface area contributed by atoms with Gasteiger partial charge in [0.1, 0.15) is 6.04 Å². The second-order valence-electron chi connectivity index (χ2n) is 8.55. The second-order valence-corrected chi connectivity index (χ2v) is 8.55. The Kier molecular flexibility index (Phi) is 4.20. The SMILES string of the molecule is O=C1CCC(N2Cc3cc(C(=O)N4CC5(CCOCC5)C4)ccc3C2=O)C(=O)N1. The van der Waals surface area contributed by atoms with Crippen molar-refractivity contribution in [3.63, 3.8) is 0 Å². The van der Waals surface area contributed by atoms with Gasteiger partial charge in [-0.2, -0.15) is 0 Å². The predicted octanol–water partition coefficient (Wildman–Crippen LogP) is 0.700. The van der Waals surface area contributed by atoms with E-state index < -0.39 is 11.9 Å². The van der Waals surface area contributed by atoms with Crippen molar-refractivity contribution in [3.8, 4) is 0 Å². The average Bonchev–Trinajstić information content (AvgIpc) is 3.02. The molecule has 1 spiro atoms. The van der Waals surface area contributed by atoms with Crippen LogP contribution in [0.5, 0.6) is 0 Å². The van der Waals surface area contributed by atoms with Gasteiger partial charge in [-0.05, 0) is 43.0 Å². The molecule has 5 rings (SSSR count). The molecule has 4 aliphatic rings. The Balaban J connectivity index is 1.29. The van der Waals surface area contributed by atoms with Crippen LogP contribution in [0.2, 0.25) is 0 Å². The lowest BCUT2D eigenvalue weighted by Gasteiger charge is -2.52. The van der Waals surface area contributed by atoms with Crippen molar-refractivity contribution in [2.75, 3.05) is 26.3 Å². The van der Waals surface area contributed by atoms with Crippen molar-refractivity contribution in [1.82, 2.24) is 15.1 Å². The van der Waals surface area contributed by atoms with Gasteiger partial charge < -0.3 is 14.5 Å². The normalized spacial score (nSPS) is 25.7. The molecule has 8 nitrogen and oxygen atoms in total. The summed E-state index contributed by atoms with van der Waals surface area (Å²) >= 11 is 0. The summed E-state index contributed by atoms with van der Waals surface area (Å²) in [5.74, 6) is -0.975. The highest BCUT2D eigenvalue weighted by atomic mass is 16.5. The number of carbonyl (C=O) groups is 4. The maximum absolute atomic E-state index is 12.9. The van der Waals surface area contributed by atoms with E-state index in [1.54, 1.807) is 18.2 Å². The largest absolute Gasteiger partial charge is 0.381 e. The third-order valence-corrected chi connectivity index (χ3v) is 6.66. The highest BCUT2D eigenvalue weighted by Crippen LogP contribution is 2.40. The van der Waals surface area contributed by atoms with Gasteiger partial charge in [-0.3, -0.25) is 24.5 Å². The molecule has 1 aromatic rings. The first kappa shape index (κ1) is 18.3. The molecule has 4 aliphatic heterocycles. The first-order chi connectivity index (χ1) is 14.0. The predicted molar refractivity (Wildman–Crippen MR) is 101 cm³/mol. The Bertz CT molecular complexity index is 913. The smallest absolute Gasteiger partial charge is 0.255 e. The van der Waals surface area contributed by atoms with Gasteiger partial charge in [-0.15, -0.1) is 0 Å². The summed E-state index contributed by atoms with van der Waals surface area (Å²) < 4.78 is 5.43. The number of benzene rings is 1. The molecule has 0 saturated carbocycles. The van der Waals surface area contributed by atoms with E-state index >= 15 is 0 Å². The van der Waals surface area contributed by atoms with Crippen LogP contribution < -0.4 is 5.32 Å². The molecular formula is C21H23N3O5. The molecule has 3 fully saturated rings. The Morgan fingerprint density at radius 2 is 1.90 bits per heavy atom. The minimum absolute atomic E-state index is 0.0168. The van der Waals surface area contributed by atoms with Crippen LogP contribution in [-0.4, -0.2) is 65.8 Å². The van der Waals surface area contributed by atoms with Crippen LogP contribution in [0.4, 0.5) is 0 Å². The van der Waals surface area contributed by atoms with E-state index in [9.17, 15) is 19.2 Å². The fourth-order valence-corrected chi connectivity index (χ4v) is 4.92. The van der Waals surface area contributed by atoms with Gasteiger partial charge in [0.05, 0.1) is 0 Å². The van der Waals surface area contributed by atoms with Gasteiger partial charge in [-0.25, -0.2) is 0 Å². The van der Waals surface area contributed by atoms with Gasteiger partial charge in [-0.1, -0.05) is 0 Å². The average molecular weight is 397 g/mol. The molecule has 0 radical (unpaired) electrons. The van der Waals surface area contributed by atoms with Gasteiger partial charge >= 0.3 is 0 Å². The standard InChI is InChI=1S/C21H23N3O5/c25-17-4-3-16(18(26)22-17)24-10-14-9-13(1-2-15(14)20(24)28)19(27)23-11-21(12-23)5-7-29-8-6-21/h1-2,9,16H,3-8,10-12H2,(H,22,25,26). The molecule has 152 valence electrons. The summed E-state index contributed by atoms with van der Waals surface area (Å²) in [6.45, 7) is 3.32. The molecule has 3 saturated heterocycles. The van der Waals surface area contributed by atoms with Gasteiger partial charge in [0.25, 0.3) is 11.8 Å². The van der Waals surface area contributed by atoms with Crippen molar-refractivity contribution in [1.29, 1.82) is 0 Å². The van der Waals surface area contributed by atoms with Crippen LogP contribution in [0, 0.1) is 5.41 Å². The van der Waals surface area contributed by atoms with Crippen molar-refractivity contribution in [3.05, 3.63) is 34.9 Å². The second kappa shape index (κ2) is 6.66. The first-order valence-electron chi connectivity index (χ1n) is 10.1. The quantitative estimate of drug-likeness (QED) is 0.741. The minimum Gasteiger partial charge on any atom is -0.381 e. The highest BCUT2D eigenvalue weighted by Gasteiger charge is 2.46. The van der Waals surface area contributed by atoms with E-state index in [1.807, 2.05) is 4.90 Å². The Hall–Kier alpha value is -2.74. The van der Waals surface area contributed by atoms with Gasteiger partial charge in [0, 0.05) is 55.8 Å². The number of nitrogens with zero attached hydrogens (tertiary/aromatic N) is 2. The number of nitrogens with one attached hydrogen (secondary N) is 1. The summed E-state index contributed by atoms with van der Waals surface area (Å²) in [4.78, 5) is 52.6. The van der Waals surface area contributed by atoms with Crippen LogP contribution in [0.1, 0.15) is 52.0 Å². The van der Waals surface area contributed by atoms with Gasteiger partial charge in [0.15, 0.2) is 0 Å². The zero-order valence-corrected chi connectivity index (χ0v) is 16.1. The third-order valence-electron chi connectivity index (χ3n) is 6.66. The molecule has 1 atom stereocenters. The summed E-state index contributed by atoms with van der Waals surface area (Å²) in [6, 6.07) is 4.51. The number of likely N-dealkylation sites (tertiary alicyclic amines) is 1. The lowest BCUT2D eigenvalue weighted by molar-refractivity contribution is -0.136. The Morgan fingerprint density at radius 1 is 1.14 bits per heavy atom. The molecule has 29 heavy (non-hydrogen) atoms. The molecule has 8 heteroatoms. The summed E-state index contributed by atoms with van der Waals surface area (Å²) in [7, 11) is 0. The van der Waals surface area contributed by atoms with E-state index in [-0.39, 0.29) is 36.1 Å². The highest BCUT2D eigenvalue weighted by molar-refractivity contribution is 6.06. The van der Waals surface area contributed by atoms with E-state index in [0.29, 0.717) is 17.5 Å². The number of amides is 4. The molecule has 1 N–H and O–H groups in total. The van der Waals surface area contributed by atoms with Crippen LogP contribution >= 0.6 is 0 Å². The molecule has 4 heterocycles. The number of hydrogen-bond donors (Lipinski definition) is 1. The Morgan fingerprint density at radius 3 is 2.62 bits per heavy atom. The van der Waals surface area contributed by atoms with E-state index in [4.69, 9.17) is 4.74 Å². The van der Waals surface area contributed by atoms with E-state index in [1.165, 1.54) is 4.90 Å². The molecule has 4 amide bonds. The topological polar surface area (TPSA) is 96.0 Å². The third kappa shape index (κ3) is 3.02. The lowest BCUT2D eigenvalue weighted by atomic mass is 9.73. The zero-order valence-electron chi connectivity index (χ0n) is 16.1. The number of carbonyl (C=O) groups excluding carboxylic acids is 4.